The maximum atomic E-state index is 12.7. The lowest BCUT2D eigenvalue weighted by Crippen LogP contribution is -2.60. The quantitative estimate of drug-likeness (QED) is 0.896. The topological polar surface area (TPSA) is 67.2 Å². The molecule has 0 aromatic carbocycles. The Morgan fingerprint density at radius 1 is 1.29 bits per heavy atom. The molecule has 1 aromatic rings. The predicted molar refractivity (Wildman–Crippen MR) is 77.1 cm³/mol. The lowest BCUT2D eigenvalue weighted by atomic mass is 9.82. The zero-order valence-electron chi connectivity index (χ0n) is 12.4. The normalized spacial score (nSPS) is 24.2. The lowest BCUT2D eigenvalue weighted by molar-refractivity contribution is -0.146. The highest BCUT2D eigenvalue weighted by Crippen LogP contribution is 2.28. The van der Waals surface area contributed by atoms with E-state index in [0.29, 0.717) is 12.5 Å². The first-order valence-corrected chi connectivity index (χ1v) is 7.69. The third-order valence-electron chi connectivity index (χ3n) is 4.48. The van der Waals surface area contributed by atoms with Crippen molar-refractivity contribution in [2.24, 2.45) is 13.0 Å². The fraction of sp³-hybridized carbons (Fsp3) is 0.667. The van der Waals surface area contributed by atoms with Crippen molar-refractivity contribution in [1.82, 2.24) is 20.0 Å². The van der Waals surface area contributed by atoms with E-state index in [4.69, 9.17) is 0 Å². The number of hydrogen-bond acceptors (Lipinski definition) is 3. The Hall–Kier alpha value is -1.85. The molecule has 2 aliphatic rings. The van der Waals surface area contributed by atoms with E-state index in [1.807, 2.05) is 13.2 Å². The van der Waals surface area contributed by atoms with Crippen molar-refractivity contribution < 1.29 is 9.59 Å². The predicted octanol–water partition coefficient (Wildman–Crippen LogP) is 0.827. The summed E-state index contributed by atoms with van der Waals surface area (Å²) < 4.78 is 1.71. The Morgan fingerprint density at radius 2 is 2.05 bits per heavy atom. The van der Waals surface area contributed by atoms with Gasteiger partial charge in [-0.25, -0.2) is 0 Å². The second kappa shape index (κ2) is 5.87. The maximum Gasteiger partial charge on any atom is 0.246 e. The van der Waals surface area contributed by atoms with Crippen LogP contribution in [0.3, 0.4) is 0 Å². The van der Waals surface area contributed by atoms with Gasteiger partial charge in [-0.2, -0.15) is 5.10 Å². The van der Waals surface area contributed by atoms with Gasteiger partial charge in [-0.3, -0.25) is 14.3 Å². The van der Waals surface area contributed by atoms with Crippen molar-refractivity contribution in [2.45, 2.75) is 44.7 Å². The zero-order chi connectivity index (χ0) is 14.8. The summed E-state index contributed by atoms with van der Waals surface area (Å²) in [5.41, 5.74) is 0.961. The van der Waals surface area contributed by atoms with E-state index in [-0.39, 0.29) is 24.4 Å². The number of carbonyl (C=O) groups excluding carboxylic acids is 2. The van der Waals surface area contributed by atoms with Crippen LogP contribution in [0, 0.1) is 5.92 Å². The minimum absolute atomic E-state index is 0.0472. The smallest absolute Gasteiger partial charge is 0.246 e. The largest absolute Gasteiger partial charge is 0.342 e. The Bertz CT molecular complexity index is 534. The van der Waals surface area contributed by atoms with E-state index in [1.54, 1.807) is 15.8 Å². The third kappa shape index (κ3) is 3.09. The highest BCUT2D eigenvalue weighted by atomic mass is 16.2. The minimum atomic E-state index is -0.330. The number of nitrogens with zero attached hydrogens (tertiary/aromatic N) is 3. The summed E-state index contributed by atoms with van der Waals surface area (Å²) in [6, 6.07) is -0.330. The molecule has 1 aromatic heterocycles. The highest BCUT2D eigenvalue weighted by Gasteiger charge is 2.38. The van der Waals surface area contributed by atoms with Crippen molar-refractivity contribution >= 4 is 11.8 Å². The Kier molecular flexibility index (Phi) is 3.94. The molecule has 2 heterocycles. The van der Waals surface area contributed by atoms with Crippen molar-refractivity contribution in [1.29, 1.82) is 0 Å². The lowest BCUT2D eigenvalue weighted by Gasteiger charge is -2.37. The van der Waals surface area contributed by atoms with Gasteiger partial charge >= 0.3 is 0 Å². The van der Waals surface area contributed by atoms with E-state index in [9.17, 15) is 9.59 Å². The summed E-state index contributed by atoms with van der Waals surface area (Å²) in [6.07, 6.45) is 9.27. The number of aryl methyl sites for hydroxylation is 1. The molecule has 1 aliphatic heterocycles. The van der Waals surface area contributed by atoms with Crippen LogP contribution in [0.25, 0.3) is 0 Å². The van der Waals surface area contributed by atoms with Crippen LogP contribution in [0.1, 0.15) is 37.7 Å². The molecule has 1 atom stereocenters. The summed E-state index contributed by atoms with van der Waals surface area (Å²) in [7, 11) is 1.85. The Morgan fingerprint density at radius 3 is 2.71 bits per heavy atom. The fourth-order valence-corrected chi connectivity index (χ4v) is 3.42. The SMILES string of the molecule is Cn1cc(CN2CC(=O)NC(C3CCCCC3)C2=O)cn1. The van der Waals surface area contributed by atoms with E-state index >= 15 is 0 Å². The van der Waals surface area contributed by atoms with Crippen molar-refractivity contribution in [3.8, 4) is 0 Å². The van der Waals surface area contributed by atoms with Gasteiger partial charge < -0.3 is 10.2 Å². The van der Waals surface area contributed by atoms with Crippen LogP contribution < -0.4 is 5.32 Å². The Balaban J connectivity index is 1.71. The molecule has 0 spiro atoms. The molecule has 1 unspecified atom stereocenters. The molecular weight excluding hydrogens is 268 g/mol. The van der Waals surface area contributed by atoms with Crippen LogP contribution in [-0.2, 0) is 23.2 Å². The van der Waals surface area contributed by atoms with E-state index in [1.165, 1.54) is 6.42 Å². The molecule has 21 heavy (non-hydrogen) atoms. The maximum absolute atomic E-state index is 12.7. The van der Waals surface area contributed by atoms with Gasteiger partial charge in [0.25, 0.3) is 0 Å². The van der Waals surface area contributed by atoms with Crippen LogP contribution in [0.2, 0.25) is 0 Å². The van der Waals surface area contributed by atoms with Crippen LogP contribution in [0.5, 0.6) is 0 Å². The van der Waals surface area contributed by atoms with Gasteiger partial charge in [0.2, 0.25) is 11.8 Å². The van der Waals surface area contributed by atoms with Gasteiger partial charge in [0.05, 0.1) is 12.7 Å². The van der Waals surface area contributed by atoms with Gasteiger partial charge in [0.1, 0.15) is 6.04 Å². The molecule has 114 valence electrons. The van der Waals surface area contributed by atoms with Gasteiger partial charge in [-0.05, 0) is 18.8 Å². The van der Waals surface area contributed by atoms with Crippen LogP contribution in [0.15, 0.2) is 12.4 Å². The van der Waals surface area contributed by atoms with Crippen LogP contribution in [0.4, 0.5) is 0 Å². The highest BCUT2D eigenvalue weighted by molar-refractivity contribution is 5.95. The van der Waals surface area contributed by atoms with Crippen LogP contribution >= 0.6 is 0 Å². The summed E-state index contributed by atoms with van der Waals surface area (Å²) in [4.78, 5) is 26.3. The van der Waals surface area contributed by atoms with Gasteiger partial charge in [0.15, 0.2) is 0 Å². The van der Waals surface area contributed by atoms with Crippen LogP contribution in [-0.4, -0.2) is 39.1 Å². The standard InChI is InChI=1S/C15H22N4O2/c1-18-8-11(7-16-18)9-19-10-13(20)17-14(15(19)21)12-5-3-2-4-6-12/h7-8,12,14H,2-6,9-10H2,1H3,(H,17,20). The number of rotatable bonds is 3. The summed E-state index contributed by atoms with van der Waals surface area (Å²) in [5, 5.41) is 7.02. The number of hydrogen-bond donors (Lipinski definition) is 1. The molecule has 1 N–H and O–H groups in total. The second-order valence-corrected chi connectivity index (χ2v) is 6.16. The molecule has 2 amide bonds. The monoisotopic (exact) mass is 290 g/mol. The van der Waals surface area contributed by atoms with Gasteiger partial charge in [-0.15, -0.1) is 0 Å². The van der Waals surface area contributed by atoms with Gasteiger partial charge in [-0.1, -0.05) is 19.3 Å². The summed E-state index contributed by atoms with van der Waals surface area (Å²) in [5.74, 6) is 0.311. The first-order valence-electron chi connectivity index (χ1n) is 7.69. The number of amides is 2. The zero-order valence-corrected chi connectivity index (χ0v) is 12.4. The average Bonchev–Trinajstić information content (AvgIpc) is 2.89. The number of nitrogens with one attached hydrogen (secondary N) is 1. The molecule has 1 saturated carbocycles. The Labute approximate surface area is 124 Å². The van der Waals surface area contributed by atoms with E-state index in [0.717, 1.165) is 31.2 Å². The first kappa shape index (κ1) is 14.1. The van der Waals surface area contributed by atoms with Crippen molar-refractivity contribution in [2.75, 3.05) is 6.54 Å². The average molecular weight is 290 g/mol. The van der Waals surface area contributed by atoms with Crippen molar-refractivity contribution in [3.05, 3.63) is 18.0 Å². The van der Waals surface area contributed by atoms with Gasteiger partial charge in [0, 0.05) is 25.4 Å². The van der Waals surface area contributed by atoms with E-state index in [2.05, 4.69) is 10.4 Å². The summed E-state index contributed by atoms with van der Waals surface area (Å²) in [6.45, 7) is 0.611. The molecule has 0 bridgehead atoms. The number of carbonyl (C=O) groups is 2. The third-order valence-corrected chi connectivity index (χ3v) is 4.48. The molecular formula is C15H22N4O2. The first-order chi connectivity index (χ1) is 10.1. The molecule has 2 fully saturated rings. The second-order valence-electron chi connectivity index (χ2n) is 6.16. The fourth-order valence-electron chi connectivity index (χ4n) is 3.42. The summed E-state index contributed by atoms with van der Waals surface area (Å²) >= 11 is 0. The molecule has 3 rings (SSSR count). The molecule has 6 nitrogen and oxygen atoms in total. The van der Waals surface area contributed by atoms with E-state index < -0.39 is 0 Å². The number of piperazine rings is 1. The number of aromatic nitrogens is 2. The minimum Gasteiger partial charge on any atom is -0.342 e. The molecule has 1 saturated heterocycles. The molecule has 0 radical (unpaired) electrons. The molecule has 1 aliphatic carbocycles. The molecule has 6 heteroatoms. The van der Waals surface area contributed by atoms with Crippen molar-refractivity contribution in [3.63, 3.8) is 0 Å².